The van der Waals surface area contributed by atoms with Crippen molar-refractivity contribution in [2.24, 2.45) is 11.8 Å². The van der Waals surface area contributed by atoms with Crippen LogP contribution in [0.2, 0.25) is 0 Å². The number of anilines is 1. The van der Waals surface area contributed by atoms with Gasteiger partial charge in [-0.3, -0.25) is 14.7 Å². The summed E-state index contributed by atoms with van der Waals surface area (Å²) in [5.74, 6) is 1.60. The summed E-state index contributed by atoms with van der Waals surface area (Å²) < 4.78 is 5.32. The quantitative estimate of drug-likeness (QED) is 0.718. The first-order valence-corrected chi connectivity index (χ1v) is 8.35. The molecule has 2 amide bonds. The van der Waals surface area contributed by atoms with E-state index in [0.717, 1.165) is 23.4 Å². The third-order valence-electron chi connectivity index (χ3n) is 4.34. The Bertz CT molecular complexity index is 771. The van der Waals surface area contributed by atoms with Gasteiger partial charge in [-0.25, -0.2) is 0 Å². The molecule has 1 heterocycles. The first-order valence-electron chi connectivity index (χ1n) is 8.35. The molecule has 2 atom stereocenters. The number of ether oxygens (including phenoxy) is 1. The Labute approximate surface area is 146 Å². The fraction of sp³-hybridized carbons (Fsp3) is 0.389. The van der Waals surface area contributed by atoms with Crippen LogP contribution in [0.3, 0.4) is 0 Å². The van der Waals surface area contributed by atoms with Crippen LogP contribution in [0.5, 0.6) is 5.75 Å². The van der Waals surface area contributed by atoms with Crippen molar-refractivity contribution < 1.29 is 14.3 Å². The lowest BCUT2D eigenvalue weighted by Gasteiger charge is -2.05. The fourth-order valence-electron chi connectivity index (χ4n) is 2.71. The van der Waals surface area contributed by atoms with Crippen LogP contribution in [0.1, 0.15) is 19.8 Å². The Kier molecular flexibility index (Phi) is 5.02. The van der Waals surface area contributed by atoms with E-state index in [2.05, 4.69) is 20.8 Å². The van der Waals surface area contributed by atoms with Gasteiger partial charge in [-0.1, -0.05) is 19.1 Å². The summed E-state index contributed by atoms with van der Waals surface area (Å²) in [5.41, 5.74) is 1.62. The smallest absolute Gasteiger partial charge is 0.227 e. The number of carbonyl (C=O) groups is 2. The van der Waals surface area contributed by atoms with E-state index in [4.69, 9.17) is 4.74 Å². The lowest BCUT2D eigenvalue weighted by molar-refractivity contribution is -0.122. The molecule has 0 radical (unpaired) electrons. The molecule has 2 aromatic rings. The second kappa shape index (κ2) is 7.38. The number of para-hydroxylation sites is 1. The van der Waals surface area contributed by atoms with Crippen molar-refractivity contribution in [2.45, 2.75) is 19.8 Å². The molecule has 0 aliphatic heterocycles. The van der Waals surface area contributed by atoms with Gasteiger partial charge in [-0.05, 0) is 24.5 Å². The molecule has 1 aliphatic carbocycles. The zero-order valence-electron chi connectivity index (χ0n) is 14.3. The molecule has 25 heavy (non-hydrogen) atoms. The zero-order chi connectivity index (χ0) is 17.8. The number of hydrogen-bond donors (Lipinski definition) is 3. The maximum absolute atomic E-state index is 12.0. The normalized spacial score (nSPS) is 18.5. The van der Waals surface area contributed by atoms with Crippen LogP contribution in [0.15, 0.2) is 30.3 Å². The number of carbonyl (C=O) groups excluding carboxylic acids is 2. The minimum absolute atomic E-state index is 0.0403. The van der Waals surface area contributed by atoms with Crippen LogP contribution in [0.25, 0.3) is 11.3 Å². The Morgan fingerprint density at radius 1 is 1.36 bits per heavy atom. The first-order chi connectivity index (χ1) is 12.1. The molecule has 7 heteroatoms. The lowest BCUT2D eigenvalue weighted by Crippen LogP contribution is -2.29. The highest BCUT2D eigenvalue weighted by Gasteiger charge is 2.38. The predicted molar refractivity (Wildman–Crippen MR) is 94.1 cm³/mol. The highest BCUT2D eigenvalue weighted by Crippen LogP contribution is 2.37. The number of H-pyrrole nitrogens is 1. The molecule has 0 unspecified atom stereocenters. The van der Waals surface area contributed by atoms with Crippen molar-refractivity contribution in [2.75, 3.05) is 19.0 Å². The van der Waals surface area contributed by atoms with E-state index in [9.17, 15) is 9.59 Å². The molecular formula is C18H22N4O3. The van der Waals surface area contributed by atoms with Crippen molar-refractivity contribution in [3.05, 3.63) is 30.3 Å². The highest BCUT2D eigenvalue weighted by molar-refractivity contribution is 5.91. The number of nitrogens with zero attached hydrogens (tertiary/aromatic N) is 1. The number of methoxy groups -OCH3 is 1. The molecule has 3 N–H and O–H groups in total. The topological polar surface area (TPSA) is 96.1 Å². The van der Waals surface area contributed by atoms with Gasteiger partial charge in [0.15, 0.2) is 5.82 Å². The van der Waals surface area contributed by atoms with Gasteiger partial charge in [0.1, 0.15) is 5.75 Å². The summed E-state index contributed by atoms with van der Waals surface area (Å²) in [7, 11) is 1.61. The number of amides is 2. The van der Waals surface area contributed by atoms with E-state index in [1.165, 1.54) is 0 Å². The summed E-state index contributed by atoms with van der Waals surface area (Å²) in [6.45, 7) is 2.38. The molecular weight excluding hydrogens is 320 g/mol. The van der Waals surface area contributed by atoms with Crippen LogP contribution in [-0.2, 0) is 9.59 Å². The monoisotopic (exact) mass is 342 g/mol. The molecule has 0 spiro atoms. The first kappa shape index (κ1) is 17.0. The van der Waals surface area contributed by atoms with E-state index in [-0.39, 0.29) is 24.2 Å². The number of hydrogen-bond acceptors (Lipinski definition) is 4. The van der Waals surface area contributed by atoms with Crippen molar-refractivity contribution >= 4 is 17.6 Å². The Morgan fingerprint density at radius 2 is 2.12 bits per heavy atom. The van der Waals surface area contributed by atoms with Gasteiger partial charge in [0.25, 0.3) is 0 Å². The van der Waals surface area contributed by atoms with Crippen molar-refractivity contribution in [3.63, 3.8) is 0 Å². The molecule has 1 fully saturated rings. The van der Waals surface area contributed by atoms with Gasteiger partial charge in [0.2, 0.25) is 11.8 Å². The van der Waals surface area contributed by atoms with Gasteiger partial charge in [-0.2, -0.15) is 5.10 Å². The summed E-state index contributed by atoms with van der Waals surface area (Å²) in [4.78, 5) is 23.7. The highest BCUT2D eigenvalue weighted by atomic mass is 16.5. The molecule has 3 rings (SSSR count). The molecule has 7 nitrogen and oxygen atoms in total. The summed E-state index contributed by atoms with van der Waals surface area (Å²) in [6, 6.07) is 9.31. The molecule has 1 saturated carbocycles. The van der Waals surface area contributed by atoms with E-state index in [1.807, 2.05) is 31.2 Å². The maximum Gasteiger partial charge on any atom is 0.227 e. The number of benzene rings is 1. The Hall–Kier alpha value is -2.83. The third-order valence-corrected chi connectivity index (χ3v) is 4.34. The fourth-order valence-corrected chi connectivity index (χ4v) is 2.71. The van der Waals surface area contributed by atoms with E-state index in [0.29, 0.717) is 18.3 Å². The van der Waals surface area contributed by atoms with Crippen LogP contribution in [-0.4, -0.2) is 35.7 Å². The Morgan fingerprint density at radius 3 is 2.84 bits per heavy atom. The van der Waals surface area contributed by atoms with Crippen LogP contribution >= 0.6 is 0 Å². The molecule has 0 saturated heterocycles. The maximum atomic E-state index is 12.0. The van der Waals surface area contributed by atoms with Gasteiger partial charge in [-0.15, -0.1) is 0 Å². The van der Waals surface area contributed by atoms with E-state index >= 15 is 0 Å². The number of nitrogens with one attached hydrogen (secondary N) is 3. The van der Waals surface area contributed by atoms with Crippen molar-refractivity contribution in [3.8, 4) is 17.0 Å². The summed E-state index contributed by atoms with van der Waals surface area (Å²) in [6.07, 6.45) is 1.15. The average molecular weight is 342 g/mol. The van der Waals surface area contributed by atoms with E-state index in [1.54, 1.807) is 13.2 Å². The molecule has 0 bridgehead atoms. The number of aromatic nitrogens is 2. The van der Waals surface area contributed by atoms with Crippen LogP contribution in [0, 0.1) is 11.8 Å². The predicted octanol–water partition coefficient (Wildman–Crippen LogP) is 2.19. The van der Waals surface area contributed by atoms with Crippen LogP contribution < -0.4 is 15.4 Å². The van der Waals surface area contributed by atoms with E-state index < -0.39 is 0 Å². The largest absolute Gasteiger partial charge is 0.496 e. The average Bonchev–Trinajstić information content (AvgIpc) is 3.17. The molecule has 1 aromatic heterocycles. The van der Waals surface area contributed by atoms with Gasteiger partial charge >= 0.3 is 0 Å². The van der Waals surface area contributed by atoms with Crippen molar-refractivity contribution in [1.82, 2.24) is 15.5 Å². The van der Waals surface area contributed by atoms with Gasteiger partial charge < -0.3 is 15.4 Å². The van der Waals surface area contributed by atoms with Crippen LogP contribution in [0.4, 0.5) is 5.82 Å². The Balaban J connectivity index is 1.51. The third kappa shape index (κ3) is 4.17. The molecule has 132 valence electrons. The second-order valence-corrected chi connectivity index (χ2v) is 6.28. The zero-order valence-corrected chi connectivity index (χ0v) is 14.3. The standard InChI is InChI=1S/C18H22N4O3/c1-11-9-13(11)18(24)19-8-7-17(23)20-16-10-14(21-22-16)12-5-3-4-6-15(12)25-2/h3-6,10-11,13H,7-9H2,1-2H3,(H,19,24)(H2,20,21,22,23)/t11-,13+/m0/s1. The van der Waals surface area contributed by atoms with Crippen molar-refractivity contribution in [1.29, 1.82) is 0 Å². The lowest BCUT2D eigenvalue weighted by atomic mass is 10.1. The molecule has 1 aromatic carbocycles. The SMILES string of the molecule is COc1ccccc1-c1cc(NC(=O)CCNC(=O)[C@@H]2C[C@@H]2C)n[nH]1. The number of aromatic amines is 1. The van der Waals surface area contributed by atoms with Gasteiger partial charge in [0, 0.05) is 30.5 Å². The number of rotatable bonds is 7. The summed E-state index contributed by atoms with van der Waals surface area (Å²) >= 11 is 0. The van der Waals surface area contributed by atoms with Gasteiger partial charge in [0.05, 0.1) is 12.8 Å². The minimum atomic E-state index is -0.192. The summed E-state index contributed by atoms with van der Waals surface area (Å²) in [5, 5.41) is 12.5. The molecule has 1 aliphatic rings. The second-order valence-electron chi connectivity index (χ2n) is 6.28. The minimum Gasteiger partial charge on any atom is -0.496 e.